The molecule has 16 heavy (non-hydrogen) atoms. The van der Waals surface area contributed by atoms with Crippen molar-refractivity contribution in [1.29, 1.82) is 0 Å². The predicted molar refractivity (Wildman–Crippen MR) is 70.9 cm³/mol. The fourth-order valence-electron chi connectivity index (χ4n) is 2.46. The van der Waals surface area contributed by atoms with E-state index in [1.165, 1.54) is 32.1 Å². The van der Waals surface area contributed by atoms with Crippen LogP contribution in [0.3, 0.4) is 0 Å². The van der Waals surface area contributed by atoms with Gasteiger partial charge in [0.25, 0.3) is 0 Å². The molecule has 0 aromatic heterocycles. The Morgan fingerprint density at radius 2 is 1.69 bits per heavy atom. The monoisotopic (exact) mass is 254 g/mol. The summed E-state index contributed by atoms with van der Waals surface area (Å²) in [7, 11) is 0. The topological polar surface area (TPSA) is 0 Å². The van der Waals surface area contributed by atoms with Gasteiger partial charge in [0.15, 0.2) is 0 Å². The summed E-state index contributed by atoms with van der Waals surface area (Å²) in [5.41, 5.74) is 4.81. The van der Waals surface area contributed by atoms with Crippen LogP contribution in [0.25, 0.3) is 0 Å². The van der Waals surface area contributed by atoms with Crippen molar-refractivity contribution in [3.05, 3.63) is 45.1 Å². The zero-order valence-corrected chi connectivity index (χ0v) is 13.2. The second-order valence-corrected chi connectivity index (χ2v) is 3.94. The van der Waals surface area contributed by atoms with Gasteiger partial charge in [-0.15, -0.1) is 0 Å². The first-order valence-corrected chi connectivity index (χ1v) is 5.17. The summed E-state index contributed by atoms with van der Waals surface area (Å²) in [6.45, 7) is 4.59. The van der Waals surface area contributed by atoms with Crippen LogP contribution in [0.5, 0.6) is 0 Å². The molecular formula is C15H26Ti. The molecule has 0 aromatic rings. The van der Waals surface area contributed by atoms with Gasteiger partial charge in [-0.25, -0.2) is 17.2 Å². The van der Waals surface area contributed by atoms with Gasteiger partial charge in [0.05, 0.1) is 0 Å². The van der Waals surface area contributed by atoms with Crippen LogP contribution in [0.2, 0.25) is 0 Å². The number of hydrogen-bond acceptors (Lipinski definition) is 0. The molecule has 1 unspecified atom stereocenters. The van der Waals surface area contributed by atoms with Gasteiger partial charge in [-0.2, -0.15) is 5.57 Å². The van der Waals surface area contributed by atoms with Gasteiger partial charge in [0, 0.05) is 0 Å². The summed E-state index contributed by atoms with van der Waals surface area (Å²) in [5, 5.41) is 0. The zero-order valence-electron chi connectivity index (χ0n) is 11.6. The van der Waals surface area contributed by atoms with Crippen LogP contribution in [0.1, 0.15) is 46.0 Å². The average Bonchev–Trinajstić information content (AvgIpc) is 2.44. The second-order valence-electron chi connectivity index (χ2n) is 3.94. The predicted octanol–water partition coefficient (Wildman–Crippen LogP) is 4.99. The van der Waals surface area contributed by atoms with Crippen molar-refractivity contribution in [2.24, 2.45) is 5.92 Å². The van der Waals surface area contributed by atoms with Crippen LogP contribution >= 0.6 is 0 Å². The Labute approximate surface area is 118 Å². The van der Waals surface area contributed by atoms with E-state index in [0.29, 0.717) is 0 Å². The van der Waals surface area contributed by atoms with E-state index >= 15 is 0 Å². The van der Waals surface area contributed by atoms with Crippen LogP contribution < -0.4 is 0 Å². The van der Waals surface area contributed by atoms with Crippen molar-refractivity contribution in [3.63, 3.8) is 0 Å². The Morgan fingerprint density at radius 3 is 2.19 bits per heavy atom. The van der Waals surface area contributed by atoms with Crippen LogP contribution in [-0.4, -0.2) is 0 Å². The van der Waals surface area contributed by atoms with E-state index in [4.69, 9.17) is 0 Å². The van der Waals surface area contributed by atoms with E-state index in [1.54, 1.807) is 16.7 Å². The molecule has 0 amide bonds. The molecule has 0 fully saturated rings. The standard InChI is InChI=1S/C12H17.3CH3.Ti/c1-3-10-8-11-6-4-5-7-12(11)9(10)2;;;;/h9H,3-7H2,1-2H3;3*1H3;/q4*-1;+4. The van der Waals surface area contributed by atoms with Crippen molar-refractivity contribution < 1.29 is 21.7 Å². The van der Waals surface area contributed by atoms with Gasteiger partial charge >= 0.3 is 21.7 Å². The molecule has 0 aromatic carbocycles. The summed E-state index contributed by atoms with van der Waals surface area (Å²) in [6.07, 6.45) is 10.2. The fourth-order valence-corrected chi connectivity index (χ4v) is 2.46. The minimum atomic E-state index is 0. The SMILES string of the molecule is CCC1=[C-]C2=C(CCCC2)C1C.[CH3-].[CH3-].[CH3-].[Ti+4]. The Balaban J connectivity index is -0.000000422. The summed E-state index contributed by atoms with van der Waals surface area (Å²) >= 11 is 0. The summed E-state index contributed by atoms with van der Waals surface area (Å²) in [6, 6.07) is 0. The van der Waals surface area contributed by atoms with Crippen LogP contribution in [-0.2, 0) is 21.7 Å². The molecule has 90 valence electrons. The van der Waals surface area contributed by atoms with Crippen molar-refractivity contribution in [2.45, 2.75) is 46.0 Å². The first-order valence-electron chi connectivity index (χ1n) is 5.17. The minimum absolute atomic E-state index is 0. The van der Waals surface area contributed by atoms with Gasteiger partial charge in [-0.1, -0.05) is 51.9 Å². The molecule has 0 bridgehead atoms. The zero-order chi connectivity index (χ0) is 8.55. The van der Waals surface area contributed by atoms with E-state index in [2.05, 4.69) is 19.9 Å². The molecule has 2 aliphatic carbocycles. The van der Waals surface area contributed by atoms with Crippen LogP contribution in [0.4, 0.5) is 0 Å². The molecular weight excluding hydrogens is 228 g/mol. The van der Waals surface area contributed by atoms with Crippen LogP contribution in [0.15, 0.2) is 16.7 Å². The van der Waals surface area contributed by atoms with Gasteiger partial charge in [-0.3, -0.25) is 0 Å². The summed E-state index contributed by atoms with van der Waals surface area (Å²) in [4.78, 5) is 0. The first-order chi connectivity index (χ1) is 5.83. The summed E-state index contributed by atoms with van der Waals surface area (Å²) < 4.78 is 0. The van der Waals surface area contributed by atoms with E-state index in [9.17, 15) is 0 Å². The Hall–Kier alpha value is 0.194. The Kier molecular flexibility index (Phi) is 12.4. The van der Waals surface area contributed by atoms with Crippen molar-refractivity contribution in [1.82, 2.24) is 0 Å². The van der Waals surface area contributed by atoms with Crippen molar-refractivity contribution in [2.75, 3.05) is 0 Å². The molecule has 0 saturated heterocycles. The molecule has 2 rings (SSSR count). The molecule has 0 spiro atoms. The Morgan fingerprint density at radius 1 is 1.12 bits per heavy atom. The van der Waals surface area contributed by atoms with Crippen LogP contribution in [0, 0.1) is 34.3 Å². The number of rotatable bonds is 1. The van der Waals surface area contributed by atoms with E-state index < -0.39 is 0 Å². The normalized spacial score (nSPS) is 21.6. The minimum Gasteiger partial charge on any atom is -0.358 e. The van der Waals surface area contributed by atoms with E-state index in [0.717, 1.165) is 5.92 Å². The number of allylic oxidation sites excluding steroid dienone is 4. The molecule has 0 saturated carbocycles. The van der Waals surface area contributed by atoms with E-state index in [1.807, 2.05) is 0 Å². The number of hydrogen-bond donors (Lipinski definition) is 0. The largest absolute Gasteiger partial charge is 4.00 e. The molecule has 0 heterocycles. The van der Waals surface area contributed by atoms with E-state index in [-0.39, 0.29) is 44.0 Å². The smallest absolute Gasteiger partial charge is 0.358 e. The molecule has 0 aliphatic heterocycles. The maximum Gasteiger partial charge on any atom is 4.00 e. The molecule has 1 heteroatoms. The van der Waals surface area contributed by atoms with Crippen molar-refractivity contribution in [3.8, 4) is 0 Å². The van der Waals surface area contributed by atoms with Gasteiger partial charge in [0.2, 0.25) is 0 Å². The first kappa shape index (κ1) is 21.5. The second kappa shape index (κ2) is 9.25. The molecule has 0 nitrogen and oxygen atoms in total. The molecule has 1 atom stereocenters. The summed E-state index contributed by atoms with van der Waals surface area (Å²) in [5.74, 6) is 0.727. The van der Waals surface area contributed by atoms with Gasteiger partial charge in [-0.05, 0) is 0 Å². The molecule has 0 radical (unpaired) electrons. The fraction of sp³-hybridized carbons (Fsp3) is 0.533. The maximum absolute atomic E-state index is 3.59. The quantitative estimate of drug-likeness (QED) is 0.456. The van der Waals surface area contributed by atoms with Gasteiger partial charge in [0.1, 0.15) is 0 Å². The average molecular weight is 254 g/mol. The molecule has 0 N–H and O–H groups in total. The Bertz CT molecular complexity index is 248. The maximum atomic E-state index is 3.59. The third kappa shape index (κ3) is 3.89. The third-order valence-corrected chi connectivity index (χ3v) is 3.25. The van der Waals surface area contributed by atoms with Crippen molar-refractivity contribution >= 4 is 0 Å². The molecule has 2 aliphatic rings. The van der Waals surface area contributed by atoms with Gasteiger partial charge < -0.3 is 22.3 Å². The third-order valence-electron chi connectivity index (χ3n) is 3.25.